The average molecular weight is 346 g/mol. The van der Waals surface area contributed by atoms with Crippen LogP contribution < -0.4 is 21.7 Å². The highest BCUT2D eigenvalue weighted by atomic mass is 32.1. The molecule has 5 N–H and O–H groups in total. The molecule has 0 saturated heterocycles. The molecule has 0 aliphatic heterocycles. The van der Waals surface area contributed by atoms with Crippen LogP contribution in [0.2, 0.25) is 0 Å². The van der Waals surface area contributed by atoms with Crippen molar-refractivity contribution >= 4 is 34.9 Å². The Kier molecular flexibility index (Phi) is 6.32. The first kappa shape index (κ1) is 17.5. The Morgan fingerprint density at radius 2 is 1.88 bits per heavy atom. The van der Waals surface area contributed by atoms with E-state index in [1.54, 1.807) is 35.6 Å². The number of urea groups is 1. The maximum absolute atomic E-state index is 11.8. The van der Waals surface area contributed by atoms with Crippen molar-refractivity contribution in [3.63, 3.8) is 0 Å². The molecular weight excluding hydrogens is 328 g/mol. The van der Waals surface area contributed by atoms with Crippen LogP contribution in [0.15, 0.2) is 41.8 Å². The highest BCUT2D eigenvalue weighted by Gasteiger charge is 2.10. The van der Waals surface area contributed by atoms with E-state index in [9.17, 15) is 14.4 Å². The van der Waals surface area contributed by atoms with E-state index in [0.29, 0.717) is 18.7 Å². The van der Waals surface area contributed by atoms with Crippen LogP contribution >= 0.6 is 11.3 Å². The first-order valence-corrected chi connectivity index (χ1v) is 8.17. The monoisotopic (exact) mass is 346 g/mol. The Balaban J connectivity index is 1.73. The van der Waals surface area contributed by atoms with Crippen LogP contribution in [0.3, 0.4) is 0 Å². The van der Waals surface area contributed by atoms with Gasteiger partial charge in [-0.1, -0.05) is 18.2 Å². The molecule has 8 heteroatoms. The van der Waals surface area contributed by atoms with E-state index in [2.05, 4.69) is 16.0 Å². The van der Waals surface area contributed by atoms with Gasteiger partial charge in [-0.15, -0.1) is 11.3 Å². The van der Waals surface area contributed by atoms with Crippen molar-refractivity contribution in [2.45, 2.75) is 6.42 Å². The number of nitrogens with two attached hydrogens (primary N) is 1. The molecule has 126 valence electrons. The lowest BCUT2D eigenvalue weighted by Crippen LogP contribution is -2.42. The quantitative estimate of drug-likeness (QED) is 0.605. The predicted octanol–water partition coefficient (Wildman–Crippen LogP) is 1.33. The number of thiophene rings is 1. The Morgan fingerprint density at radius 3 is 2.58 bits per heavy atom. The molecule has 1 heterocycles. The molecular formula is C16H18N4O3S. The number of amides is 4. The number of imide groups is 1. The number of benzene rings is 1. The molecule has 0 radical (unpaired) electrons. The number of carbonyl (C=O) groups is 3. The van der Waals surface area contributed by atoms with Crippen molar-refractivity contribution in [2.24, 2.45) is 5.73 Å². The average Bonchev–Trinajstić information content (AvgIpc) is 3.06. The van der Waals surface area contributed by atoms with Gasteiger partial charge < -0.3 is 16.4 Å². The van der Waals surface area contributed by atoms with Crippen molar-refractivity contribution in [3.8, 4) is 0 Å². The van der Waals surface area contributed by atoms with Crippen LogP contribution in [-0.2, 0) is 11.2 Å². The number of nitrogens with one attached hydrogen (secondary N) is 3. The van der Waals surface area contributed by atoms with Gasteiger partial charge in [0.05, 0.1) is 12.1 Å². The SMILES string of the molecule is NC(=O)c1ccccc1NCC(=O)NC(=O)NCCc1cccs1. The second kappa shape index (κ2) is 8.68. The molecule has 0 bridgehead atoms. The molecule has 1 aromatic carbocycles. The fraction of sp³-hybridized carbons (Fsp3) is 0.188. The summed E-state index contributed by atoms with van der Waals surface area (Å²) in [6, 6.07) is 9.95. The van der Waals surface area contributed by atoms with Crippen LogP contribution in [-0.4, -0.2) is 30.9 Å². The lowest BCUT2D eigenvalue weighted by Gasteiger charge is -2.10. The number of primary amides is 1. The third-order valence-corrected chi connectivity index (χ3v) is 4.06. The molecule has 0 spiro atoms. The second-order valence-electron chi connectivity index (χ2n) is 4.90. The molecule has 4 amide bonds. The smallest absolute Gasteiger partial charge is 0.321 e. The molecule has 0 saturated carbocycles. The first-order valence-electron chi connectivity index (χ1n) is 7.29. The number of carbonyl (C=O) groups excluding carboxylic acids is 3. The fourth-order valence-electron chi connectivity index (χ4n) is 2.00. The minimum atomic E-state index is -0.593. The summed E-state index contributed by atoms with van der Waals surface area (Å²) in [7, 11) is 0. The standard InChI is InChI=1S/C16H18N4O3S/c17-15(22)12-5-1-2-6-13(12)19-10-14(21)20-16(23)18-8-7-11-4-3-9-24-11/h1-6,9,19H,7-8,10H2,(H2,17,22)(H2,18,20,21,23). The van der Waals surface area contributed by atoms with Crippen molar-refractivity contribution in [2.75, 3.05) is 18.4 Å². The Hall–Kier alpha value is -2.87. The van der Waals surface area contributed by atoms with E-state index < -0.39 is 17.8 Å². The minimum Gasteiger partial charge on any atom is -0.375 e. The molecule has 0 aliphatic carbocycles. The van der Waals surface area contributed by atoms with E-state index in [1.165, 1.54) is 0 Å². The Morgan fingerprint density at radius 1 is 1.08 bits per heavy atom. The topological polar surface area (TPSA) is 113 Å². The summed E-state index contributed by atoms with van der Waals surface area (Å²) in [5.41, 5.74) is 5.98. The molecule has 0 atom stereocenters. The molecule has 7 nitrogen and oxygen atoms in total. The maximum Gasteiger partial charge on any atom is 0.321 e. The summed E-state index contributed by atoms with van der Waals surface area (Å²) in [5.74, 6) is -1.10. The van der Waals surface area contributed by atoms with E-state index in [-0.39, 0.29) is 12.1 Å². The van der Waals surface area contributed by atoms with Gasteiger partial charge in [-0.25, -0.2) is 4.79 Å². The molecule has 0 aliphatic rings. The molecule has 2 aromatic rings. The molecule has 2 rings (SSSR count). The van der Waals surface area contributed by atoms with Gasteiger partial charge in [0.15, 0.2) is 0 Å². The number of hydrogen-bond acceptors (Lipinski definition) is 5. The normalized spacial score (nSPS) is 10.0. The van der Waals surface area contributed by atoms with Crippen molar-refractivity contribution < 1.29 is 14.4 Å². The number of anilines is 1. The summed E-state index contributed by atoms with van der Waals surface area (Å²) < 4.78 is 0. The third kappa shape index (κ3) is 5.40. The maximum atomic E-state index is 11.8. The summed E-state index contributed by atoms with van der Waals surface area (Å²) in [5, 5.41) is 9.58. The van der Waals surface area contributed by atoms with Gasteiger partial charge in [0.1, 0.15) is 0 Å². The number of rotatable bonds is 7. The van der Waals surface area contributed by atoms with Gasteiger partial charge in [-0.3, -0.25) is 14.9 Å². The van der Waals surface area contributed by atoms with E-state index in [1.807, 2.05) is 17.5 Å². The second-order valence-corrected chi connectivity index (χ2v) is 5.93. The molecule has 0 unspecified atom stereocenters. The Labute approximate surface area is 143 Å². The van der Waals surface area contributed by atoms with Crippen LogP contribution in [0, 0.1) is 0 Å². The lowest BCUT2D eigenvalue weighted by molar-refractivity contribution is -0.118. The lowest BCUT2D eigenvalue weighted by atomic mass is 10.1. The zero-order valence-electron chi connectivity index (χ0n) is 12.9. The first-order chi connectivity index (χ1) is 11.6. The van der Waals surface area contributed by atoms with Gasteiger partial charge in [0, 0.05) is 17.1 Å². The highest BCUT2D eigenvalue weighted by Crippen LogP contribution is 2.13. The van der Waals surface area contributed by atoms with Crippen LogP contribution in [0.4, 0.5) is 10.5 Å². The van der Waals surface area contributed by atoms with Gasteiger partial charge in [-0.05, 0) is 30.0 Å². The van der Waals surface area contributed by atoms with Gasteiger partial charge in [-0.2, -0.15) is 0 Å². The number of para-hydroxylation sites is 1. The van der Waals surface area contributed by atoms with Gasteiger partial charge >= 0.3 is 6.03 Å². The Bertz CT molecular complexity index is 716. The summed E-state index contributed by atoms with van der Waals surface area (Å²) in [4.78, 5) is 35.8. The summed E-state index contributed by atoms with van der Waals surface area (Å²) in [6.07, 6.45) is 0.712. The van der Waals surface area contributed by atoms with Gasteiger partial charge in [0.25, 0.3) is 5.91 Å². The van der Waals surface area contributed by atoms with Crippen molar-refractivity contribution in [1.29, 1.82) is 0 Å². The summed E-state index contributed by atoms with van der Waals surface area (Å²) >= 11 is 1.61. The predicted molar refractivity (Wildman–Crippen MR) is 93.0 cm³/mol. The zero-order valence-corrected chi connectivity index (χ0v) is 13.7. The molecule has 1 aromatic heterocycles. The van der Waals surface area contributed by atoms with E-state index >= 15 is 0 Å². The van der Waals surface area contributed by atoms with Crippen LogP contribution in [0.1, 0.15) is 15.2 Å². The third-order valence-electron chi connectivity index (χ3n) is 3.12. The van der Waals surface area contributed by atoms with Crippen molar-refractivity contribution in [1.82, 2.24) is 10.6 Å². The fourth-order valence-corrected chi connectivity index (χ4v) is 2.71. The highest BCUT2D eigenvalue weighted by molar-refractivity contribution is 7.09. The zero-order chi connectivity index (χ0) is 17.4. The summed E-state index contributed by atoms with van der Waals surface area (Å²) in [6.45, 7) is 0.292. The van der Waals surface area contributed by atoms with E-state index in [4.69, 9.17) is 5.73 Å². The van der Waals surface area contributed by atoms with Crippen LogP contribution in [0.5, 0.6) is 0 Å². The van der Waals surface area contributed by atoms with Crippen LogP contribution in [0.25, 0.3) is 0 Å². The minimum absolute atomic E-state index is 0.150. The molecule has 24 heavy (non-hydrogen) atoms. The number of hydrogen-bond donors (Lipinski definition) is 4. The van der Waals surface area contributed by atoms with Crippen molar-refractivity contribution in [3.05, 3.63) is 52.2 Å². The van der Waals surface area contributed by atoms with Gasteiger partial charge in [0.2, 0.25) is 5.91 Å². The largest absolute Gasteiger partial charge is 0.375 e. The van der Waals surface area contributed by atoms with E-state index in [0.717, 1.165) is 4.88 Å². The molecule has 0 fully saturated rings.